The van der Waals surface area contributed by atoms with Gasteiger partial charge in [-0.25, -0.2) is 11.5 Å². The summed E-state index contributed by atoms with van der Waals surface area (Å²) in [5, 5.41) is 0. The second-order valence-corrected chi connectivity index (χ2v) is 1.25. The van der Waals surface area contributed by atoms with E-state index in [2.05, 4.69) is 58.7 Å². The predicted molar refractivity (Wildman–Crippen MR) is 34.0 cm³/mol. The van der Waals surface area contributed by atoms with Crippen molar-refractivity contribution in [3.05, 3.63) is 58.7 Å². The van der Waals surface area contributed by atoms with Gasteiger partial charge in [0, 0.05) is 0 Å². The maximum atomic E-state index is 2.50. The van der Waals surface area contributed by atoms with Gasteiger partial charge in [0.1, 0.15) is 0 Å². The van der Waals surface area contributed by atoms with Crippen LogP contribution in [0.15, 0.2) is 34.4 Å². The van der Waals surface area contributed by atoms with Gasteiger partial charge in [0.25, 0.3) is 0 Å². The first-order valence-electron chi connectivity index (χ1n) is 2.50. The van der Waals surface area contributed by atoms with Gasteiger partial charge in [0.2, 0.25) is 0 Å². The van der Waals surface area contributed by atoms with Crippen LogP contribution in [0.1, 0.15) is 0 Å². The van der Waals surface area contributed by atoms with Crippen molar-refractivity contribution in [3.8, 4) is 0 Å². The van der Waals surface area contributed by atoms with E-state index in [0.29, 0.717) is 0 Å². The largest absolute Gasteiger partial charge is 4.00 e. The van der Waals surface area contributed by atoms with Crippen molar-refractivity contribution in [1.29, 1.82) is 0 Å². The Kier molecular flexibility index (Phi) is 12.0. The average molecular weight is 247 g/mol. The van der Waals surface area contributed by atoms with E-state index in [9.17, 15) is 0 Å². The summed E-state index contributed by atoms with van der Waals surface area (Å²) in [6.45, 7) is 0. The summed E-state index contributed by atoms with van der Waals surface area (Å²) in [6.07, 6.45) is 10.0. The van der Waals surface area contributed by atoms with Gasteiger partial charge < -0.3 is 12.4 Å². The number of halogens is 1. The Morgan fingerprint density at radius 2 is 1.08 bits per heavy atom. The van der Waals surface area contributed by atoms with Crippen molar-refractivity contribution in [1.82, 2.24) is 0 Å². The molecule has 0 aromatic carbocycles. The van der Waals surface area contributed by atoms with Gasteiger partial charge in [-0.15, -0.1) is 24.3 Å². The molecule has 0 fully saturated rings. The van der Waals surface area contributed by atoms with Crippen LogP contribution in [0.5, 0.6) is 0 Å². The minimum atomic E-state index is 0. The van der Waals surface area contributed by atoms with Crippen LogP contribution in [0.2, 0.25) is 0 Å². The third-order valence-electron chi connectivity index (χ3n) is 0.625. The van der Waals surface area contributed by atoms with Gasteiger partial charge in [-0.05, 0) is 0 Å². The fraction of sp³-hybridized carbons (Fsp3) is 0. The molecule has 2 rings (SSSR count). The van der Waals surface area contributed by atoms with E-state index in [1.54, 1.807) is 0 Å². The van der Waals surface area contributed by atoms with Crippen molar-refractivity contribution < 1.29 is 38.6 Å². The maximum absolute atomic E-state index is 2.50. The minimum Gasteiger partial charge on any atom is -1.00 e. The minimum absolute atomic E-state index is 0. The summed E-state index contributed by atoms with van der Waals surface area (Å²) in [6, 6.07) is 0. The molecule has 0 N–H and O–H groups in total. The number of hydrogen-bond donors (Lipinski definition) is 0. The van der Waals surface area contributed by atoms with E-state index in [-0.39, 0.29) is 38.6 Å². The Bertz CT molecular complexity index is 308. The second kappa shape index (κ2) is 10.3. The van der Waals surface area contributed by atoms with Crippen LogP contribution in [0.4, 0.5) is 0 Å². The van der Waals surface area contributed by atoms with E-state index in [1.807, 2.05) is 0 Å². The predicted octanol–water partition coefficient (Wildman–Crippen LogP) is -1.74. The van der Waals surface area contributed by atoms with Gasteiger partial charge in [0.15, 0.2) is 0 Å². The average Bonchev–Trinajstić information content (AvgIpc) is 2.67. The van der Waals surface area contributed by atoms with Crippen molar-refractivity contribution in [2.75, 3.05) is 0 Å². The molecule has 0 bridgehead atoms. The Morgan fingerprint density at radius 1 is 0.667 bits per heavy atom. The first kappa shape index (κ1) is 13.9. The molecule has 2 aliphatic rings. The van der Waals surface area contributed by atoms with Crippen LogP contribution in [0.25, 0.3) is 0 Å². The Balaban J connectivity index is 0. The van der Waals surface area contributed by atoms with E-state index in [0.717, 1.165) is 0 Å². The van der Waals surface area contributed by atoms with Crippen molar-refractivity contribution >= 4 is 0 Å². The second-order valence-electron chi connectivity index (χ2n) is 1.25. The van der Waals surface area contributed by atoms with Crippen molar-refractivity contribution in [2.45, 2.75) is 0 Å². The summed E-state index contributed by atoms with van der Waals surface area (Å²) in [5.41, 5.74) is 15.0. The zero-order chi connectivity index (χ0) is 7.07. The molecule has 2 radical (unpaired) electrons. The zero-order valence-electron chi connectivity index (χ0n) is 5.88. The van der Waals surface area contributed by atoms with Gasteiger partial charge in [-0.2, -0.15) is 0 Å². The molecule has 0 amide bonds. The van der Waals surface area contributed by atoms with E-state index in [4.69, 9.17) is 0 Å². The SMILES string of the molecule is [C]1=C=C=C=[C-]1.[C]1=C=C=C=[C-]1.[Cl-].[Zr+4]. The van der Waals surface area contributed by atoms with Crippen LogP contribution in [-0.2, 0) is 26.2 Å². The van der Waals surface area contributed by atoms with Crippen LogP contribution in [-0.4, -0.2) is 0 Å². The van der Waals surface area contributed by atoms with Crippen LogP contribution < -0.4 is 12.4 Å². The Labute approximate surface area is 96.9 Å². The molecule has 0 spiro atoms. The van der Waals surface area contributed by atoms with Gasteiger partial charge in [-0.1, -0.05) is 0 Å². The molecular formula is C10ClZr+. The van der Waals surface area contributed by atoms with Crippen LogP contribution >= 0.6 is 0 Å². The molecule has 0 aromatic heterocycles. The summed E-state index contributed by atoms with van der Waals surface area (Å²) in [4.78, 5) is 0. The summed E-state index contributed by atoms with van der Waals surface area (Å²) < 4.78 is 0. The van der Waals surface area contributed by atoms with E-state index in [1.165, 1.54) is 0 Å². The first-order valence-corrected chi connectivity index (χ1v) is 2.50. The number of allylic oxidation sites excluding steroid dienone is 4. The molecule has 50 valence electrons. The molecule has 0 nitrogen and oxygen atoms in total. The van der Waals surface area contributed by atoms with E-state index >= 15 is 0 Å². The van der Waals surface area contributed by atoms with Crippen LogP contribution in [0.3, 0.4) is 0 Å². The molecule has 0 saturated carbocycles. The molecule has 2 aliphatic carbocycles. The smallest absolute Gasteiger partial charge is 1.00 e. The molecule has 12 heavy (non-hydrogen) atoms. The maximum Gasteiger partial charge on any atom is 4.00 e. The third kappa shape index (κ3) is 7.44. The van der Waals surface area contributed by atoms with Gasteiger partial charge in [0.05, 0.1) is 0 Å². The Morgan fingerprint density at radius 3 is 1.17 bits per heavy atom. The standard InChI is InChI=1S/2C5.ClH.Zr/c2*1-2-4-5-3-1;;/h;;1H;/q2*-1;;+4/p-1. The van der Waals surface area contributed by atoms with Gasteiger partial charge >= 0.3 is 26.2 Å². The normalized spacial score (nSPS) is 9.33. The molecule has 2 heteroatoms. The van der Waals surface area contributed by atoms with Crippen LogP contribution in [0, 0.1) is 24.3 Å². The monoisotopic (exact) mass is 245 g/mol. The third-order valence-corrected chi connectivity index (χ3v) is 0.625. The Hall–Kier alpha value is -0.667. The molecule has 0 saturated heterocycles. The fourth-order valence-corrected chi connectivity index (χ4v) is 0.312. The van der Waals surface area contributed by atoms with Crippen molar-refractivity contribution in [3.63, 3.8) is 0 Å². The first-order chi connectivity index (χ1) is 5.00. The fourth-order valence-electron chi connectivity index (χ4n) is 0.312. The summed E-state index contributed by atoms with van der Waals surface area (Å²) in [7, 11) is 0. The molecular weight excluding hydrogens is 247 g/mol. The molecule has 0 aromatic rings. The zero-order valence-corrected chi connectivity index (χ0v) is 9.09. The number of rotatable bonds is 0. The number of hydrogen-bond acceptors (Lipinski definition) is 0. The summed E-state index contributed by atoms with van der Waals surface area (Å²) in [5.74, 6) is 0. The van der Waals surface area contributed by atoms with E-state index < -0.39 is 0 Å². The topological polar surface area (TPSA) is 0 Å². The molecule has 0 unspecified atom stereocenters. The molecule has 0 atom stereocenters. The molecule has 0 aliphatic heterocycles. The summed E-state index contributed by atoms with van der Waals surface area (Å²) >= 11 is 0. The quantitative estimate of drug-likeness (QED) is 0.352. The molecule has 0 heterocycles. The van der Waals surface area contributed by atoms with Gasteiger partial charge in [-0.3, -0.25) is 22.9 Å². The van der Waals surface area contributed by atoms with Crippen molar-refractivity contribution in [2.24, 2.45) is 0 Å².